The highest BCUT2D eigenvalue weighted by molar-refractivity contribution is 6.31. The molecule has 1 aromatic carbocycles. The zero-order valence-electron chi connectivity index (χ0n) is 12.4. The van der Waals surface area contributed by atoms with Crippen molar-refractivity contribution in [2.24, 2.45) is 5.92 Å². The van der Waals surface area contributed by atoms with Gasteiger partial charge in [-0.3, -0.25) is 0 Å². The Labute approximate surface area is 127 Å². The number of hydrogen-bond donors (Lipinski definition) is 1. The van der Waals surface area contributed by atoms with Crippen LogP contribution in [0.2, 0.25) is 5.02 Å². The predicted octanol–water partition coefficient (Wildman–Crippen LogP) is 4.01. The first kappa shape index (κ1) is 14.2. The average Bonchev–Trinajstić information content (AvgIpc) is 2.51. The Kier molecular flexibility index (Phi) is 4.52. The van der Waals surface area contributed by atoms with Crippen molar-refractivity contribution < 1.29 is 0 Å². The maximum absolute atomic E-state index is 6.28. The Morgan fingerprint density at radius 2 is 2.00 bits per heavy atom. The number of halogens is 1. The molecule has 3 heteroatoms. The standard InChI is InChI=1S/C17H25ClN2/c1-13-15(18)8-5-9-17(13)20-11-10-19-16(12-20)14-6-3-2-4-7-14/h5,8-9,14,16,19H,2-4,6-7,10-12H2,1H3. The van der Waals surface area contributed by atoms with Crippen molar-refractivity contribution in [1.82, 2.24) is 5.32 Å². The van der Waals surface area contributed by atoms with Gasteiger partial charge in [0.25, 0.3) is 0 Å². The van der Waals surface area contributed by atoms with Crippen molar-refractivity contribution >= 4 is 17.3 Å². The van der Waals surface area contributed by atoms with Gasteiger partial charge in [-0.15, -0.1) is 0 Å². The third-order valence-corrected chi connectivity index (χ3v) is 5.41. The molecule has 1 unspecified atom stereocenters. The minimum Gasteiger partial charge on any atom is -0.368 e. The summed E-state index contributed by atoms with van der Waals surface area (Å²) in [7, 11) is 0. The number of hydrogen-bond acceptors (Lipinski definition) is 2. The number of nitrogens with zero attached hydrogens (tertiary/aromatic N) is 1. The number of nitrogens with one attached hydrogen (secondary N) is 1. The van der Waals surface area contributed by atoms with E-state index >= 15 is 0 Å². The van der Waals surface area contributed by atoms with Gasteiger partial charge in [-0.25, -0.2) is 0 Å². The fourth-order valence-electron chi connectivity index (χ4n) is 3.79. The SMILES string of the molecule is Cc1c(Cl)cccc1N1CCNC(C2CCCCC2)C1. The van der Waals surface area contributed by atoms with Crippen LogP contribution >= 0.6 is 11.6 Å². The molecular weight excluding hydrogens is 268 g/mol. The van der Waals surface area contributed by atoms with Crippen LogP contribution in [0, 0.1) is 12.8 Å². The quantitative estimate of drug-likeness (QED) is 0.886. The molecule has 2 aliphatic rings. The number of anilines is 1. The molecule has 1 aromatic rings. The summed E-state index contributed by atoms with van der Waals surface area (Å²) in [5, 5.41) is 4.63. The molecule has 1 aliphatic heterocycles. The van der Waals surface area contributed by atoms with Gasteiger partial charge in [0, 0.05) is 36.4 Å². The van der Waals surface area contributed by atoms with Gasteiger partial charge in [0.05, 0.1) is 0 Å². The van der Waals surface area contributed by atoms with E-state index in [4.69, 9.17) is 11.6 Å². The molecule has 2 nitrogen and oxygen atoms in total. The lowest BCUT2D eigenvalue weighted by Gasteiger charge is -2.41. The zero-order valence-corrected chi connectivity index (χ0v) is 13.1. The summed E-state index contributed by atoms with van der Waals surface area (Å²) in [6.45, 7) is 5.44. The monoisotopic (exact) mass is 292 g/mol. The Balaban J connectivity index is 1.72. The van der Waals surface area contributed by atoms with Gasteiger partial charge in [0.2, 0.25) is 0 Å². The minimum absolute atomic E-state index is 0.655. The van der Waals surface area contributed by atoms with Crippen LogP contribution in [0.15, 0.2) is 18.2 Å². The van der Waals surface area contributed by atoms with E-state index < -0.39 is 0 Å². The van der Waals surface area contributed by atoms with E-state index in [0.717, 1.165) is 30.6 Å². The lowest BCUT2D eigenvalue weighted by Crippen LogP contribution is -2.54. The highest BCUT2D eigenvalue weighted by Crippen LogP contribution is 2.31. The molecule has 0 amide bonds. The Morgan fingerprint density at radius 3 is 2.80 bits per heavy atom. The number of benzene rings is 1. The topological polar surface area (TPSA) is 15.3 Å². The predicted molar refractivity (Wildman–Crippen MR) is 86.8 cm³/mol. The van der Waals surface area contributed by atoms with Crippen LogP contribution in [0.3, 0.4) is 0 Å². The molecule has 1 heterocycles. The fourth-order valence-corrected chi connectivity index (χ4v) is 3.96. The smallest absolute Gasteiger partial charge is 0.0455 e. The van der Waals surface area contributed by atoms with E-state index in [2.05, 4.69) is 29.3 Å². The fraction of sp³-hybridized carbons (Fsp3) is 0.647. The van der Waals surface area contributed by atoms with Gasteiger partial charge in [0.1, 0.15) is 0 Å². The van der Waals surface area contributed by atoms with Crippen LogP contribution in [0.5, 0.6) is 0 Å². The van der Waals surface area contributed by atoms with Crippen molar-refractivity contribution in [3.8, 4) is 0 Å². The van der Waals surface area contributed by atoms with E-state index in [1.807, 2.05) is 6.07 Å². The number of rotatable bonds is 2. The van der Waals surface area contributed by atoms with Crippen LogP contribution in [-0.2, 0) is 0 Å². The van der Waals surface area contributed by atoms with E-state index in [1.54, 1.807) is 0 Å². The summed E-state index contributed by atoms with van der Waals surface area (Å²) in [6, 6.07) is 6.93. The van der Waals surface area contributed by atoms with Crippen LogP contribution in [0.1, 0.15) is 37.7 Å². The summed E-state index contributed by atoms with van der Waals surface area (Å²) < 4.78 is 0. The van der Waals surface area contributed by atoms with Crippen LogP contribution in [-0.4, -0.2) is 25.7 Å². The molecule has 1 saturated heterocycles. The van der Waals surface area contributed by atoms with Gasteiger partial charge in [-0.1, -0.05) is 36.9 Å². The maximum atomic E-state index is 6.28. The highest BCUT2D eigenvalue weighted by atomic mass is 35.5. The van der Waals surface area contributed by atoms with E-state index in [1.165, 1.54) is 43.4 Å². The maximum Gasteiger partial charge on any atom is 0.0455 e. The molecule has 0 bridgehead atoms. The first-order chi connectivity index (χ1) is 9.75. The van der Waals surface area contributed by atoms with Crippen molar-refractivity contribution in [1.29, 1.82) is 0 Å². The average molecular weight is 293 g/mol. The molecule has 1 atom stereocenters. The minimum atomic E-state index is 0.655. The van der Waals surface area contributed by atoms with Crippen molar-refractivity contribution in [3.05, 3.63) is 28.8 Å². The largest absolute Gasteiger partial charge is 0.368 e. The summed E-state index contributed by atoms with van der Waals surface area (Å²) in [5.74, 6) is 0.867. The Morgan fingerprint density at radius 1 is 1.20 bits per heavy atom. The first-order valence-corrected chi connectivity index (χ1v) is 8.37. The van der Waals surface area contributed by atoms with E-state index in [9.17, 15) is 0 Å². The zero-order chi connectivity index (χ0) is 13.9. The molecule has 2 fully saturated rings. The molecule has 20 heavy (non-hydrogen) atoms. The second-order valence-corrected chi connectivity index (χ2v) is 6.70. The highest BCUT2D eigenvalue weighted by Gasteiger charge is 2.28. The molecule has 1 aliphatic carbocycles. The first-order valence-electron chi connectivity index (χ1n) is 7.99. The molecule has 0 spiro atoms. The van der Waals surface area contributed by atoms with Crippen LogP contribution in [0.25, 0.3) is 0 Å². The molecular formula is C17H25ClN2. The van der Waals surface area contributed by atoms with Crippen molar-refractivity contribution in [3.63, 3.8) is 0 Å². The lowest BCUT2D eigenvalue weighted by molar-refractivity contribution is 0.257. The Bertz CT molecular complexity index is 454. The van der Waals surface area contributed by atoms with Crippen molar-refractivity contribution in [2.75, 3.05) is 24.5 Å². The van der Waals surface area contributed by atoms with Gasteiger partial charge < -0.3 is 10.2 Å². The second kappa shape index (κ2) is 6.36. The molecule has 0 aromatic heterocycles. The molecule has 1 saturated carbocycles. The van der Waals surface area contributed by atoms with E-state index in [0.29, 0.717) is 6.04 Å². The normalized spacial score (nSPS) is 24.9. The number of piperazine rings is 1. The summed E-state index contributed by atoms with van der Waals surface area (Å²) in [6.07, 6.45) is 7.07. The van der Waals surface area contributed by atoms with Gasteiger partial charge in [-0.05, 0) is 43.4 Å². The van der Waals surface area contributed by atoms with Crippen LogP contribution < -0.4 is 10.2 Å². The summed E-state index contributed by atoms with van der Waals surface area (Å²) in [5.41, 5.74) is 2.54. The van der Waals surface area contributed by atoms with Crippen molar-refractivity contribution in [2.45, 2.75) is 45.1 Å². The van der Waals surface area contributed by atoms with Crippen LogP contribution in [0.4, 0.5) is 5.69 Å². The summed E-state index contributed by atoms with van der Waals surface area (Å²) in [4.78, 5) is 2.52. The van der Waals surface area contributed by atoms with E-state index in [-0.39, 0.29) is 0 Å². The van der Waals surface area contributed by atoms with Gasteiger partial charge >= 0.3 is 0 Å². The third-order valence-electron chi connectivity index (χ3n) is 5.00. The summed E-state index contributed by atoms with van der Waals surface area (Å²) >= 11 is 6.28. The second-order valence-electron chi connectivity index (χ2n) is 6.29. The molecule has 110 valence electrons. The lowest BCUT2D eigenvalue weighted by atomic mass is 9.83. The molecule has 1 N–H and O–H groups in total. The Hall–Kier alpha value is -0.730. The van der Waals surface area contributed by atoms with Gasteiger partial charge in [0.15, 0.2) is 0 Å². The molecule has 3 rings (SSSR count). The molecule has 0 radical (unpaired) electrons. The third kappa shape index (κ3) is 2.96. The van der Waals surface area contributed by atoms with Gasteiger partial charge in [-0.2, -0.15) is 0 Å².